The molecule has 1 amide bonds. The molecule has 0 saturated carbocycles. The molecule has 6 heteroatoms. The number of carbonyl (C=O) groups is 2. The number of thioether (sulfide) groups is 1. The van der Waals surface area contributed by atoms with Crippen LogP contribution in [0.15, 0.2) is 42.7 Å². The van der Waals surface area contributed by atoms with E-state index in [4.69, 9.17) is 0 Å². The predicted molar refractivity (Wildman–Crippen MR) is 96.1 cm³/mol. The fraction of sp³-hybridized carbons (Fsp3) is 0.222. The van der Waals surface area contributed by atoms with Gasteiger partial charge in [0.2, 0.25) is 5.91 Å². The minimum Gasteiger partial charge on any atom is -0.311 e. The lowest BCUT2D eigenvalue weighted by molar-refractivity contribution is -0.117. The molecule has 1 atom stereocenters. The molecule has 1 aromatic carbocycles. The molecule has 1 fully saturated rings. The molecule has 1 unspecified atom stereocenters. The fourth-order valence-electron chi connectivity index (χ4n) is 3.20. The zero-order valence-corrected chi connectivity index (χ0v) is 13.9. The lowest BCUT2D eigenvalue weighted by atomic mass is 10.1. The van der Waals surface area contributed by atoms with E-state index in [1.54, 1.807) is 24.2 Å². The zero-order chi connectivity index (χ0) is 16.7. The summed E-state index contributed by atoms with van der Waals surface area (Å²) in [5, 5.41) is 1.91. The van der Waals surface area contributed by atoms with Crippen LogP contribution in [0.4, 0.5) is 5.69 Å². The lowest BCUT2D eigenvalue weighted by Gasteiger charge is -2.19. The molecule has 24 heavy (non-hydrogen) atoms. The molecular weight excluding hydrogens is 322 g/mol. The first-order valence-corrected chi connectivity index (χ1v) is 8.61. The van der Waals surface area contributed by atoms with Crippen molar-refractivity contribution in [3.63, 3.8) is 0 Å². The minimum absolute atomic E-state index is 0.00585. The molecule has 3 aromatic rings. The number of fused-ring (bicyclic) bond motifs is 3. The van der Waals surface area contributed by atoms with E-state index < -0.39 is 0 Å². The maximum atomic E-state index is 12.5. The standard InChI is InChI=1S/C18H15N3O2S/c1-11(22)24-13-9-16(23)21(10-13)15-8-12-4-2-6-19-17(12)18-14(15)5-3-7-20-18/h2-8,13H,9-10H2,1H3. The summed E-state index contributed by atoms with van der Waals surface area (Å²) in [6.45, 7) is 2.08. The van der Waals surface area contributed by atoms with Gasteiger partial charge in [0.1, 0.15) is 0 Å². The van der Waals surface area contributed by atoms with Crippen LogP contribution < -0.4 is 4.90 Å². The summed E-state index contributed by atoms with van der Waals surface area (Å²) in [7, 11) is 0. The smallest absolute Gasteiger partial charge is 0.228 e. The fourth-order valence-corrected chi connectivity index (χ4v) is 4.12. The Balaban J connectivity index is 1.86. The average molecular weight is 337 g/mol. The molecule has 0 aliphatic carbocycles. The Hall–Kier alpha value is -2.47. The van der Waals surface area contributed by atoms with E-state index in [1.165, 1.54) is 11.8 Å². The van der Waals surface area contributed by atoms with Gasteiger partial charge in [-0.05, 0) is 24.3 Å². The molecule has 1 aliphatic rings. The van der Waals surface area contributed by atoms with E-state index in [0.29, 0.717) is 13.0 Å². The second kappa shape index (κ2) is 5.87. The summed E-state index contributed by atoms with van der Waals surface area (Å²) < 4.78 is 0. The Morgan fingerprint density at radius 1 is 1.21 bits per heavy atom. The highest BCUT2D eigenvalue weighted by Gasteiger charge is 2.33. The molecular formula is C18H15N3O2S. The summed E-state index contributed by atoms with van der Waals surface area (Å²) in [6.07, 6.45) is 3.87. The Morgan fingerprint density at radius 2 is 1.96 bits per heavy atom. The van der Waals surface area contributed by atoms with Gasteiger partial charge in [0.15, 0.2) is 5.12 Å². The third kappa shape index (κ3) is 2.53. The number of pyridine rings is 2. The summed E-state index contributed by atoms with van der Waals surface area (Å²) >= 11 is 1.24. The van der Waals surface area contributed by atoms with Gasteiger partial charge in [0.05, 0.1) is 16.7 Å². The van der Waals surface area contributed by atoms with E-state index in [0.717, 1.165) is 27.5 Å². The molecule has 2 aromatic heterocycles. The normalized spacial score (nSPS) is 17.8. The monoisotopic (exact) mass is 337 g/mol. The van der Waals surface area contributed by atoms with Crippen LogP contribution in [-0.4, -0.2) is 32.8 Å². The highest BCUT2D eigenvalue weighted by Crippen LogP contribution is 2.36. The third-order valence-electron chi connectivity index (χ3n) is 4.15. The van der Waals surface area contributed by atoms with Crippen molar-refractivity contribution in [2.75, 3.05) is 11.4 Å². The number of rotatable bonds is 2. The van der Waals surface area contributed by atoms with Crippen LogP contribution in [0.25, 0.3) is 21.8 Å². The van der Waals surface area contributed by atoms with Crippen LogP contribution in [-0.2, 0) is 9.59 Å². The van der Waals surface area contributed by atoms with Gasteiger partial charge in [-0.2, -0.15) is 0 Å². The van der Waals surface area contributed by atoms with Crippen molar-refractivity contribution in [3.8, 4) is 0 Å². The summed E-state index contributed by atoms with van der Waals surface area (Å²) in [6, 6.07) is 9.67. The van der Waals surface area contributed by atoms with Gasteiger partial charge in [0.25, 0.3) is 0 Å². The topological polar surface area (TPSA) is 63.2 Å². The number of carbonyl (C=O) groups excluding carboxylic acids is 2. The first kappa shape index (κ1) is 15.1. The van der Waals surface area contributed by atoms with Gasteiger partial charge >= 0.3 is 0 Å². The van der Waals surface area contributed by atoms with E-state index in [2.05, 4.69) is 9.97 Å². The van der Waals surface area contributed by atoms with Gasteiger partial charge in [-0.25, -0.2) is 0 Å². The van der Waals surface area contributed by atoms with Crippen LogP contribution in [0.5, 0.6) is 0 Å². The maximum absolute atomic E-state index is 12.5. The molecule has 0 spiro atoms. The number of amides is 1. The molecule has 3 heterocycles. The van der Waals surface area contributed by atoms with Crippen LogP contribution in [0, 0.1) is 0 Å². The SMILES string of the molecule is CC(=O)SC1CC(=O)N(c2cc3cccnc3c3ncccc23)C1. The molecule has 0 bridgehead atoms. The molecule has 1 aliphatic heterocycles. The van der Waals surface area contributed by atoms with Crippen molar-refractivity contribution in [3.05, 3.63) is 42.7 Å². The molecule has 1 saturated heterocycles. The van der Waals surface area contributed by atoms with Crippen LogP contribution in [0.1, 0.15) is 13.3 Å². The van der Waals surface area contributed by atoms with E-state index >= 15 is 0 Å². The molecule has 4 rings (SSSR count). The van der Waals surface area contributed by atoms with Gasteiger partial charge in [-0.1, -0.05) is 17.8 Å². The van der Waals surface area contributed by atoms with E-state index in [9.17, 15) is 9.59 Å². The van der Waals surface area contributed by atoms with E-state index in [-0.39, 0.29) is 16.3 Å². The number of hydrogen-bond donors (Lipinski definition) is 0. The summed E-state index contributed by atoms with van der Waals surface area (Å²) in [4.78, 5) is 34.5. The van der Waals surface area contributed by atoms with Crippen molar-refractivity contribution in [2.45, 2.75) is 18.6 Å². The maximum Gasteiger partial charge on any atom is 0.228 e. The predicted octanol–water partition coefficient (Wildman–Crippen LogP) is 3.17. The van der Waals surface area contributed by atoms with Crippen molar-refractivity contribution in [1.29, 1.82) is 0 Å². The number of anilines is 1. The van der Waals surface area contributed by atoms with Crippen molar-refractivity contribution < 1.29 is 9.59 Å². The Labute approximate surface area is 143 Å². The van der Waals surface area contributed by atoms with Gasteiger partial charge in [-0.3, -0.25) is 19.6 Å². The average Bonchev–Trinajstić information content (AvgIpc) is 2.93. The second-order valence-electron chi connectivity index (χ2n) is 5.81. The van der Waals surface area contributed by atoms with Crippen LogP contribution >= 0.6 is 11.8 Å². The van der Waals surface area contributed by atoms with Crippen molar-refractivity contribution >= 4 is 50.3 Å². The number of aromatic nitrogens is 2. The van der Waals surface area contributed by atoms with Gasteiger partial charge in [0, 0.05) is 48.3 Å². The summed E-state index contributed by atoms with van der Waals surface area (Å²) in [5.41, 5.74) is 2.47. The van der Waals surface area contributed by atoms with Gasteiger partial charge in [-0.15, -0.1) is 0 Å². The molecule has 120 valence electrons. The first-order valence-electron chi connectivity index (χ1n) is 7.73. The van der Waals surface area contributed by atoms with Gasteiger partial charge < -0.3 is 4.90 Å². The zero-order valence-electron chi connectivity index (χ0n) is 13.1. The largest absolute Gasteiger partial charge is 0.311 e. The molecule has 5 nitrogen and oxygen atoms in total. The Bertz CT molecular complexity index is 973. The highest BCUT2D eigenvalue weighted by molar-refractivity contribution is 8.14. The Morgan fingerprint density at radius 3 is 2.75 bits per heavy atom. The summed E-state index contributed by atoms with van der Waals surface area (Å²) in [5.74, 6) is 0.0437. The lowest BCUT2D eigenvalue weighted by Crippen LogP contribution is -2.25. The second-order valence-corrected chi connectivity index (χ2v) is 7.29. The number of hydrogen-bond acceptors (Lipinski definition) is 5. The highest BCUT2D eigenvalue weighted by atomic mass is 32.2. The quantitative estimate of drug-likeness (QED) is 0.672. The molecule has 0 radical (unpaired) electrons. The van der Waals surface area contributed by atoms with Crippen molar-refractivity contribution in [2.24, 2.45) is 0 Å². The number of nitrogens with zero attached hydrogens (tertiary/aromatic N) is 3. The third-order valence-corrected chi connectivity index (χ3v) is 5.13. The number of benzene rings is 1. The van der Waals surface area contributed by atoms with Crippen LogP contribution in [0.2, 0.25) is 0 Å². The minimum atomic E-state index is 0.00585. The first-order chi connectivity index (χ1) is 11.6. The molecule has 0 N–H and O–H groups in total. The van der Waals surface area contributed by atoms with E-state index in [1.807, 2.05) is 30.3 Å². The van der Waals surface area contributed by atoms with Crippen LogP contribution in [0.3, 0.4) is 0 Å². The van der Waals surface area contributed by atoms with Crippen molar-refractivity contribution in [1.82, 2.24) is 9.97 Å². The Kier molecular flexibility index (Phi) is 3.69.